The first-order valence-electron chi connectivity index (χ1n) is 8.83. The molecule has 1 atom stereocenters. The van der Waals surface area contributed by atoms with E-state index in [9.17, 15) is 9.90 Å². The number of para-hydroxylation sites is 3. The lowest BCUT2D eigenvalue weighted by Crippen LogP contribution is -2.43. The molecule has 0 aromatic heterocycles. The van der Waals surface area contributed by atoms with Crippen LogP contribution in [0.25, 0.3) is 0 Å². The average molecular weight is 376 g/mol. The Morgan fingerprint density at radius 2 is 1.64 bits per heavy atom. The van der Waals surface area contributed by atoms with Crippen LogP contribution in [0.2, 0.25) is 0 Å². The van der Waals surface area contributed by atoms with E-state index in [0.717, 1.165) is 11.3 Å². The molecule has 3 aromatic carbocycles. The van der Waals surface area contributed by atoms with Gasteiger partial charge in [0.05, 0.1) is 25.5 Å². The first-order chi connectivity index (χ1) is 13.6. The molecule has 0 fully saturated rings. The number of methoxy groups -OCH3 is 2. The number of hydrogen-bond donors (Lipinski definition) is 2. The van der Waals surface area contributed by atoms with Gasteiger partial charge in [0.25, 0.3) is 5.91 Å². The summed E-state index contributed by atoms with van der Waals surface area (Å²) in [6, 6.07) is 19.8. The monoisotopic (exact) mass is 376 g/mol. The van der Waals surface area contributed by atoms with E-state index in [1.165, 1.54) is 7.11 Å². The van der Waals surface area contributed by atoms with Crippen molar-refractivity contribution in [1.29, 1.82) is 0 Å². The molecule has 3 aromatic rings. The van der Waals surface area contributed by atoms with Gasteiger partial charge in [-0.05, 0) is 42.0 Å². The number of rotatable bonds is 4. The second kappa shape index (κ2) is 7.15. The highest BCUT2D eigenvalue weighted by Crippen LogP contribution is 2.41. The van der Waals surface area contributed by atoms with Crippen molar-refractivity contribution >= 4 is 17.3 Å². The van der Waals surface area contributed by atoms with E-state index in [1.807, 2.05) is 42.5 Å². The van der Waals surface area contributed by atoms with Crippen LogP contribution < -0.4 is 19.7 Å². The molecule has 6 heteroatoms. The lowest BCUT2D eigenvalue weighted by atomic mass is 10.0. The standard InChI is InChI=1S/C22H20N2O4/c1-27-19-10-6-5-9-17(19)24-21(14-11-12-18(25)20(13-14)28-2)23-16-8-4-3-7-15(16)22(24)26/h3-13,21,23,25H,1-2H3/t21-/m0/s1. The van der Waals surface area contributed by atoms with Crippen LogP contribution in [0.4, 0.5) is 11.4 Å². The number of ether oxygens (including phenoxy) is 2. The fraction of sp³-hybridized carbons (Fsp3) is 0.136. The van der Waals surface area contributed by atoms with E-state index in [-0.39, 0.29) is 11.7 Å². The molecule has 0 radical (unpaired) electrons. The maximum Gasteiger partial charge on any atom is 0.262 e. The van der Waals surface area contributed by atoms with E-state index in [0.29, 0.717) is 22.7 Å². The van der Waals surface area contributed by atoms with Crippen LogP contribution >= 0.6 is 0 Å². The normalized spacial score (nSPS) is 15.6. The summed E-state index contributed by atoms with van der Waals surface area (Å²) in [6.45, 7) is 0. The predicted octanol–water partition coefficient (Wildman–Crippen LogP) is 4.18. The third-order valence-electron chi connectivity index (χ3n) is 4.79. The van der Waals surface area contributed by atoms with Gasteiger partial charge in [0.2, 0.25) is 0 Å². The number of carbonyl (C=O) groups excluding carboxylic acids is 1. The highest BCUT2D eigenvalue weighted by Gasteiger charge is 2.35. The number of nitrogens with zero attached hydrogens (tertiary/aromatic N) is 1. The molecule has 142 valence electrons. The Labute approximate surface area is 162 Å². The van der Waals surface area contributed by atoms with Gasteiger partial charge in [-0.1, -0.05) is 30.3 Å². The Morgan fingerprint density at radius 3 is 2.43 bits per heavy atom. The smallest absolute Gasteiger partial charge is 0.262 e. The number of nitrogens with one attached hydrogen (secondary N) is 1. The summed E-state index contributed by atoms with van der Waals surface area (Å²) in [4.78, 5) is 15.1. The Hall–Kier alpha value is -3.67. The number of benzene rings is 3. The van der Waals surface area contributed by atoms with Crippen molar-refractivity contribution in [2.75, 3.05) is 24.4 Å². The zero-order valence-corrected chi connectivity index (χ0v) is 15.5. The molecule has 4 rings (SSSR count). The highest BCUT2D eigenvalue weighted by atomic mass is 16.5. The van der Waals surface area contributed by atoms with Gasteiger partial charge >= 0.3 is 0 Å². The van der Waals surface area contributed by atoms with E-state index < -0.39 is 6.17 Å². The molecule has 2 N–H and O–H groups in total. The van der Waals surface area contributed by atoms with Gasteiger partial charge in [0.1, 0.15) is 11.9 Å². The van der Waals surface area contributed by atoms with Crippen LogP contribution in [-0.4, -0.2) is 25.2 Å². The van der Waals surface area contributed by atoms with E-state index in [1.54, 1.807) is 36.3 Å². The third-order valence-corrected chi connectivity index (χ3v) is 4.79. The van der Waals surface area contributed by atoms with Crippen molar-refractivity contribution in [2.45, 2.75) is 6.17 Å². The van der Waals surface area contributed by atoms with E-state index in [4.69, 9.17) is 9.47 Å². The molecule has 0 saturated heterocycles. The lowest BCUT2D eigenvalue weighted by Gasteiger charge is -2.38. The van der Waals surface area contributed by atoms with Crippen LogP contribution in [0.15, 0.2) is 66.7 Å². The van der Waals surface area contributed by atoms with Crippen LogP contribution in [0.5, 0.6) is 17.2 Å². The maximum atomic E-state index is 13.4. The third kappa shape index (κ3) is 2.89. The van der Waals surface area contributed by atoms with Crippen LogP contribution in [0.1, 0.15) is 22.1 Å². The molecule has 1 aliphatic heterocycles. The van der Waals surface area contributed by atoms with Gasteiger partial charge in [-0.15, -0.1) is 0 Å². The van der Waals surface area contributed by atoms with Gasteiger partial charge in [-0.2, -0.15) is 0 Å². The van der Waals surface area contributed by atoms with E-state index in [2.05, 4.69) is 5.32 Å². The highest BCUT2D eigenvalue weighted by molar-refractivity contribution is 6.12. The van der Waals surface area contributed by atoms with Crippen molar-refractivity contribution < 1.29 is 19.4 Å². The second-order valence-electron chi connectivity index (χ2n) is 6.37. The van der Waals surface area contributed by atoms with Crippen molar-refractivity contribution in [2.24, 2.45) is 0 Å². The Balaban J connectivity index is 1.90. The Bertz CT molecular complexity index is 1030. The van der Waals surface area contributed by atoms with Crippen molar-refractivity contribution in [3.05, 3.63) is 77.9 Å². The first kappa shape index (κ1) is 17.7. The maximum absolute atomic E-state index is 13.4. The second-order valence-corrected chi connectivity index (χ2v) is 6.37. The van der Waals surface area contributed by atoms with Gasteiger partial charge < -0.3 is 19.9 Å². The number of amides is 1. The molecule has 0 unspecified atom stereocenters. The summed E-state index contributed by atoms with van der Waals surface area (Å²) in [7, 11) is 3.07. The summed E-state index contributed by atoms with van der Waals surface area (Å²) in [5.74, 6) is 0.826. The van der Waals surface area contributed by atoms with Gasteiger partial charge in [0, 0.05) is 5.69 Å². The molecule has 6 nitrogen and oxygen atoms in total. The molecule has 0 spiro atoms. The fourth-order valence-electron chi connectivity index (χ4n) is 3.43. The average Bonchev–Trinajstić information content (AvgIpc) is 2.74. The van der Waals surface area contributed by atoms with E-state index >= 15 is 0 Å². The number of phenols is 1. The summed E-state index contributed by atoms with van der Waals surface area (Å²) < 4.78 is 10.7. The van der Waals surface area contributed by atoms with Crippen molar-refractivity contribution in [3.63, 3.8) is 0 Å². The zero-order chi connectivity index (χ0) is 19.7. The summed E-state index contributed by atoms with van der Waals surface area (Å²) >= 11 is 0. The van der Waals surface area contributed by atoms with Gasteiger partial charge in [-0.3, -0.25) is 9.69 Å². The van der Waals surface area contributed by atoms with Crippen molar-refractivity contribution in [1.82, 2.24) is 0 Å². The number of phenolic OH excluding ortho intramolecular Hbond substituents is 1. The van der Waals surface area contributed by atoms with Gasteiger partial charge in [0.15, 0.2) is 11.5 Å². The van der Waals surface area contributed by atoms with Crippen LogP contribution in [-0.2, 0) is 0 Å². The fourth-order valence-corrected chi connectivity index (χ4v) is 3.43. The Morgan fingerprint density at radius 1 is 0.929 bits per heavy atom. The largest absolute Gasteiger partial charge is 0.504 e. The molecule has 0 aliphatic carbocycles. The summed E-state index contributed by atoms with van der Waals surface area (Å²) in [5.41, 5.74) is 2.74. The molecule has 1 amide bonds. The number of fused-ring (bicyclic) bond motifs is 1. The van der Waals surface area contributed by atoms with Crippen LogP contribution in [0.3, 0.4) is 0 Å². The number of hydrogen-bond acceptors (Lipinski definition) is 5. The minimum Gasteiger partial charge on any atom is -0.504 e. The molecular weight excluding hydrogens is 356 g/mol. The van der Waals surface area contributed by atoms with Crippen LogP contribution in [0, 0.1) is 0 Å². The molecule has 0 saturated carbocycles. The van der Waals surface area contributed by atoms with Gasteiger partial charge in [-0.25, -0.2) is 0 Å². The molecule has 1 heterocycles. The molecule has 1 aliphatic rings. The number of anilines is 2. The quantitative estimate of drug-likeness (QED) is 0.715. The predicted molar refractivity (Wildman–Crippen MR) is 107 cm³/mol. The minimum atomic E-state index is -0.506. The first-order valence-corrected chi connectivity index (χ1v) is 8.83. The molecule has 28 heavy (non-hydrogen) atoms. The molecule has 0 bridgehead atoms. The summed E-state index contributed by atoms with van der Waals surface area (Å²) in [6.07, 6.45) is -0.506. The van der Waals surface area contributed by atoms with Crippen molar-refractivity contribution in [3.8, 4) is 17.2 Å². The lowest BCUT2D eigenvalue weighted by molar-refractivity contribution is 0.0974. The SMILES string of the molecule is COc1cc([C@H]2Nc3ccccc3C(=O)N2c2ccccc2OC)ccc1O. The minimum absolute atomic E-state index is 0.0395. The Kier molecular flexibility index (Phi) is 4.53. The number of carbonyl (C=O) groups is 1. The summed E-state index contributed by atoms with van der Waals surface area (Å²) in [5, 5.41) is 13.4. The molecular formula is C22H20N2O4. The zero-order valence-electron chi connectivity index (χ0n) is 15.5. The number of aromatic hydroxyl groups is 1. The topological polar surface area (TPSA) is 71.0 Å².